The van der Waals surface area contributed by atoms with E-state index in [2.05, 4.69) is 5.32 Å². The van der Waals surface area contributed by atoms with Gasteiger partial charge in [-0.1, -0.05) is 6.07 Å². The number of carbonyl (C=O) groups is 3. The van der Waals surface area contributed by atoms with Gasteiger partial charge in [0.1, 0.15) is 5.75 Å². The summed E-state index contributed by atoms with van der Waals surface area (Å²) in [6, 6.07) is 12.1. The first kappa shape index (κ1) is 18.0. The molecule has 0 aromatic heterocycles. The molecule has 0 atom stereocenters. The van der Waals surface area contributed by atoms with Crippen LogP contribution in [0.25, 0.3) is 0 Å². The van der Waals surface area contributed by atoms with E-state index in [1.165, 1.54) is 18.2 Å². The highest BCUT2D eigenvalue weighted by molar-refractivity contribution is 5.93. The van der Waals surface area contributed by atoms with Crippen molar-refractivity contribution in [3.63, 3.8) is 0 Å². The first-order chi connectivity index (χ1) is 12.0. The van der Waals surface area contributed by atoms with Crippen LogP contribution in [0.4, 0.5) is 5.69 Å². The molecule has 2 N–H and O–H groups in total. The van der Waals surface area contributed by atoms with E-state index >= 15 is 0 Å². The Labute approximate surface area is 144 Å². The molecule has 0 bridgehead atoms. The molecule has 2 aromatic rings. The second-order valence-electron chi connectivity index (χ2n) is 4.97. The summed E-state index contributed by atoms with van der Waals surface area (Å²) < 4.78 is 10.2. The predicted octanol–water partition coefficient (Wildman–Crippen LogP) is 2.58. The van der Waals surface area contributed by atoms with Gasteiger partial charge in [0, 0.05) is 5.69 Å². The second kappa shape index (κ2) is 8.49. The number of esters is 1. The van der Waals surface area contributed by atoms with E-state index in [0.29, 0.717) is 11.3 Å². The average molecular weight is 343 g/mol. The lowest BCUT2D eigenvalue weighted by molar-refractivity contribution is -0.118. The summed E-state index contributed by atoms with van der Waals surface area (Å²) in [5.41, 5.74) is 0.968. The number of carboxylic acids is 1. The fourth-order valence-electron chi connectivity index (χ4n) is 1.97. The minimum atomic E-state index is -1.07. The monoisotopic (exact) mass is 343 g/mol. The van der Waals surface area contributed by atoms with E-state index in [9.17, 15) is 14.4 Å². The van der Waals surface area contributed by atoms with Crippen LogP contribution in [0.3, 0.4) is 0 Å². The largest absolute Gasteiger partial charge is 0.484 e. The third-order valence-corrected chi connectivity index (χ3v) is 3.13. The Bertz CT molecular complexity index is 769. The maximum absolute atomic E-state index is 11.9. The van der Waals surface area contributed by atoms with E-state index < -0.39 is 17.8 Å². The topological polar surface area (TPSA) is 102 Å². The van der Waals surface area contributed by atoms with Gasteiger partial charge >= 0.3 is 11.9 Å². The first-order valence-corrected chi connectivity index (χ1v) is 7.52. The van der Waals surface area contributed by atoms with Crippen molar-refractivity contribution in [3.8, 4) is 5.75 Å². The maximum Gasteiger partial charge on any atom is 0.338 e. The van der Waals surface area contributed by atoms with Gasteiger partial charge in [0.05, 0.1) is 17.7 Å². The highest BCUT2D eigenvalue weighted by Crippen LogP contribution is 2.14. The molecule has 0 aliphatic rings. The molecule has 0 saturated heterocycles. The van der Waals surface area contributed by atoms with Gasteiger partial charge in [0.2, 0.25) is 0 Å². The van der Waals surface area contributed by atoms with Crippen LogP contribution < -0.4 is 10.1 Å². The van der Waals surface area contributed by atoms with Crippen LogP contribution in [-0.2, 0) is 9.53 Å². The van der Waals surface area contributed by atoms with Gasteiger partial charge < -0.3 is 19.9 Å². The van der Waals surface area contributed by atoms with E-state index in [1.54, 1.807) is 37.3 Å². The normalized spacial score (nSPS) is 9.96. The van der Waals surface area contributed by atoms with Crippen molar-refractivity contribution in [2.24, 2.45) is 0 Å². The number of rotatable bonds is 7. The van der Waals surface area contributed by atoms with Crippen molar-refractivity contribution in [2.45, 2.75) is 6.92 Å². The molecule has 2 rings (SSSR count). The molecule has 7 heteroatoms. The van der Waals surface area contributed by atoms with Gasteiger partial charge in [-0.25, -0.2) is 9.59 Å². The molecule has 0 spiro atoms. The van der Waals surface area contributed by atoms with E-state index in [-0.39, 0.29) is 24.5 Å². The smallest absolute Gasteiger partial charge is 0.338 e. The number of anilines is 1. The Morgan fingerprint density at radius 1 is 1.04 bits per heavy atom. The lowest BCUT2D eigenvalue weighted by Gasteiger charge is -2.08. The molecule has 0 aliphatic heterocycles. The number of carboxylic acid groups (broad SMARTS) is 1. The molecule has 7 nitrogen and oxygen atoms in total. The highest BCUT2D eigenvalue weighted by Gasteiger charge is 2.09. The van der Waals surface area contributed by atoms with Gasteiger partial charge in [0.25, 0.3) is 5.91 Å². The van der Waals surface area contributed by atoms with Crippen molar-refractivity contribution >= 4 is 23.5 Å². The molecule has 2 aromatic carbocycles. The summed E-state index contributed by atoms with van der Waals surface area (Å²) in [6.07, 6.45) is 0. The Hall–Kier alpha value is -3.35. The van der Waals surface area contributed by atoms with E-state index in [1.807, 2.05) is 0 Å². The third kappa shape index (κ3) is 5.35. The molecule has 0 unspecified atom stereocenters. The van der Waals surface area contributed by atoms with Gasteiger partial charge in [-0.3, -0.25) is 4.79 Å². The summed E-state index contributed by atoms with van der Waals surface area (Å²) in [4.78, 5) is 34.3. The minimum absolute atomic E-state index is 0.0764. The number of ether oxygens (including phenoxy) is 2. The van der Waals surface area contributed by atoms with E-state index in [0.717, 1.165) is 0 Å². The zero-order valence-electron chi connectivity index (χ0n) is 13.5. The number of hydrogen-bond acceptors (Lipinski definition) is 5. The molecule has 0 heterocycles. The SMILES string of the molecule is CCOC(=O)c1ccc(NC(=O)COc2cccc(C(=O)O)c2)cc1. The van der Waals surface area contributed by atoms with Crippen molar-refractivity contribution in [1.29, 1.82) is 0 Å². The number of carbonyl (C=O) groups excluding carboxylic acids is 2. The average Bonchev–Trinajstić information content (AvgIpc) is 2.61. The zero-order valence-corrected chi connectivity index (χ0v) is 13.5. The molecular formula is C18H17NO6. The summed E-state index contributed by atoms with van der Waals surface area (Å²) in [6.45, 7) is 1.74. The number of aromatic carboxylic acids is 1. The second-order valence-corrected chi connectivity index (χ2v) is 4.97. The van der Waals surface area contributed by atoms with Gasteiger partial charge in [-0.15, -0.1) is 0 Å². The summed E-state index contributed by atoms with van der Waals surface area (Å²) in [5, 5.41) is 11.5. The van der Waals surface area contributed by atoms with Crippen LogP contribution in [0.5, 0.6) is 5.75 Å². The Morgan fingerprint density at radius 3 is 2.40 bits per heavy atom. The van der Waals surface area contributed by atoms with Crippen LogP contribution in [0.15, 0.2) is 48.5 Å². The highest BCUT2D eigenvalue weighted by atomic mass is 16.5. The molecule has 130 valence electrons. The molecule has 25 heavy (non-hydrogen) atoms. The van der Waals surface area contributed by atoms with Crippen LogP contribution in [0.1, 0.15) is 27.6 Å². The first-order valence-electron chi connectivity index (χ1n) is 7.52. The number of hydrogen-bond donors (Lipinski definition) is 2. The molecular weight excluding hydrogens is 326 g/mol. The maximum atomic E-state index is 11.9. The number of benzene rings is 2. The van der Waals surface area contributed by atoms with Crippen LogP contribution in [0, 0.1) is 0 Å². The standard InChI is InChI=1S/C18H17NO6/c1-2-24-18(23)12-6-8-14(9-7-12)19-16(20)11-25-15-5-3-4-13(10-15)17(21)22/h3-10H,2,11H2,1H3,(H,19,20)(H,21,22). The quantitative estimate of drug-likeness (QED) is 0.749. The lowest BCUT2D eigenvalue weighted by atomic mass is 10.2. The number of nitrogens with one attached hydrogen (secondary N) is 1. The molecule has 0 aliphatic carbocycles. The van der Waals surface area contributed by atoms with Crippen LogP contribution in [0.2, 0.25) is 0 Å². The van der Waals surface area contributed by atoms with Crippen molar-refractivity contribution in [2.75, 3.05) is 18.5 Å². The van der Waals surface area contributed by atoms with Crippen LogP contribution in [-0.4, -0.2) is 36.2 Å². The van der Waals surface area contributed by atoms with E-state index in [4.69, 9.17) is 14.6 Å². The summed E-state index contributed by atoms with van der Waals surface area (Å²) in [7, 11) is 0. The lowest BCUT2D eigenvalue weighted by Crippen LogP contribution is -2.20. The molecule has 0 radical (unpaired) electrons. The van der Waals surface area contributed by atoms with Gasteiger partial charge in [-0.2, -0.15) is 0 Å². The molecule has 0 saturated carbocycles. The molecule has 0 fully saturated rings. The Kier molecular flexibility index (Phi) is 6.11. The van der Waals surface area contributed by atoms with Crippen molar-refractivity contribution in [3.05, 3.63) is 59.7 Å². The summed E-state index contributed by atoms with van der Waals surface area (Å²) >= 11 is 0. The zero-order chi connectivity index (χ0) is 18.2. The van der Waals surface area contributed by atoms with Crippen molar-refractivity contribution < 1.29 is 29.0 Å². The predicted molar refractivity (Wildman–Crippen MR) is 89.9 cm³/mol. The third-order valence-electron chi connectivity index (χ3n) is 3.13. The van der Waals surface area contributed by atoms with Gasteiger partial charge in [-0.05, 0) is 49.4 Å². The number of amides is 1. The van der Waals surface area contributed by atoms with Gasteiger partial charge in [0.15, 0.2) is 6.61 Å². The molecule has 1 amide bonds. The Balaban J connectivity index is 1.89. The Morgan fingerprint density at radius 2 is 1.76 bits per heavy atom. The fourth-order valence-corrected chi connectivity index (χ4v) is 1.97. The van der Waals surface area contributed by atoms with Crippen molar-refractivity contribution in [1.82, 2.24) is 0 Å². The fraction of sp³-hybridized carbons (Fsp3) is 0.167. The summed E-state index contributed by atoms with van der Waals surface area (Å²) in [5.74, 6) is -1.63. The minimum Gasteiger partial charge on any atom is -0.484 e. The van der Waals surface area contributed by atoms with Crippen LogP contribution >= 0.6 is 0 Å².